The van der Waals surface area contributed by atoms with Crippen molar-refractivity contribution in [2.45, 2.75) is 51.2 Å². The van der Waals surface area contributed by atoms with Crippen LogP contribution in [0.4, 0.5) is 0 Å². The number of ether oxygens (including phenoxy) is 1. The molecule has 3 rings (SSSR count). The molecule has 1 fully saturated rings. The van der Waals surface area contributed by atoms with Crippen molar-refractivity contribution in [1.82, 2.24) is 9.55 Å². The van der Waals surface area contributed by atoms with Gasteiger partial charge in [0.1, 0.15) is 10.9 Å². The quantitative estimate of drug-likeness (QED) is 0.815. The number of rotatable bonds is 4. The lowest BCUT2D eigenvalue weighted by Gasteiger charge is -2.21. The molecule has 5 nitrogen and oxygen atoms in total. The highest BCUT2D eigenvalue weighted by molar-refractivity contribution is 7.16. The maximum atomic E-state index is 12.2. The van der Waals surface area contributed by atoms with Crippen molar-refractivity contribution >= 4 is 27.5 Å². The fourth-order valence-electron chi connectivity index (χ4n) is 2.69. The number of carbonyl (C=O) groups excluding carboxylic acids is 1. The van der Waals surface area contributed by atoms with Crippen LogP contribution in [0.1, 0.15) is 38.5 Å². The summed E-state index contributed by atoms with van der Waals surface area (Å²) >= 11 is 1.44. The molecule has 1 saturated carbocycles. The van der Waals surface area contributed by atoms with E-state index in [2.05, 4.69) is 4.98 Å². The van der Waals surface area contributed by atoms with Crippen molar-refractivity contribution in [2.24, 2.45) is 0 Å². The molecule has 1 aliphatic carbocycles. The summed E-state index contributed by atoms with van der Waals surface area (Å²) in [5.41, 5.74) is -0.0910. The third-order valence-corrected chi connectivity index (χ3v) is 4.68. The Kier molecular flexibility index (Phi) is 4.34. The van der Waals surface area contributed by atoms with Crippen molar-refractivity contribution in [3.63, 3.8) is 0 Å². The summed E-state index contributed by atoms with van der Waals surface area (Å²) in [7, 11) is 0. The predicted molar refractivity (Wildman–Crippen MR) is 81.5 cm³/mol. The van der Waals surface area contributed by atoms with E-state index < -0.39 is 0 Å². The Bertz CT molecular complexity index is 686. The zero-order valence-electron chi connectivity index (χ0n) is 11.8. The van der Waals surface area contributed by atoms with Crippen LogP contribution in [0.15, 0.2) is 22.6 Å². The molecule has 21 heavy (non-hydrogen) atoms. The van der Waals surface area contributed by atoms with Gasteiger partial charge in [0.15, 0.2) is 0 Å². The molecular formula is C15H18N2O3S. The van der Waals surface area contributed by atoms with Gasteiger partial charge in [-0.15, -0.1) is 11.3 Å². The summed E-state index contributed by atoms with van der Waals surface area (Å²) in [6.07, 6.45) is 7.23. The van der Waals surface area contributed by atoms with E-state index in [9.17, 15) is 9.59 Å². The minimum Gasteiger partial charge on any atom is -0.462 e. The van der Waals surface area contributed by atoms with Gasteiger partial charge in [0.05, 0.1) is 18.1 Å². The number of hydrogen-bond acceptors (Lipinski definition) is 5. The smallest absolute Gasteiger partial charge is 0.307 e. The molecule has 2 heterocycles. The van der Waals surface area contributed by atoms with E-state index in [1.807, 2.05) is 5.38 Å². The second kappa shape index (κ2) is 6.39. The SMILES string of the molecule is O=C(CCn1cnc2sccc2c1=O)OC1CCCCC1. The van der Waals surface area contributed by atoms with E-state index in [0.29, 0.717) is 11.9 Å². The largest absolute Gasteiger partial charge is 0.462 e. The molecule has 0 saturated heterocycles. The number of hydrogen-bond donors (Lipinski definition) is 0. The number of thiophene rings is 1. The number of aryl methyl sites for hydroxylation is 1. The van der Waals surface area contributed by atoms with Crippen LogP contribution >= 0.6 is 11.3 Å². The lowest BCUT2D eigenvalue weighted by Crippen LogP contribution is -2.24. The van der Waals surface area contributed by atoms with Crippen molar-refractivity contribution in [3.8, 4) is 0 Å². The van der Waals surface area contributed by atoms with E-state index >= 15 is 0 Å². The van der Waals surface area contributed by atoms with Gasteiger partial charge >= 0.3 is 5.97 Å². The average molecular weight is 306 g/mol. The minimum absolute atomic E-state index is 0.0699. The number of nitrogens with zero attached hydrogens (tertiary/aromatic N) is 2. The number of fused-ring (bicyclic) bond motifs is 1. The molecule has 0 spiro atoms. The number of esters is 1. The summed E-state index contributed by atoms with van der Waals surface area (Å²) in [6.45, 7) is 0.323. The molecule has 0 radical (unpaired) electrons. The molecule has 6 heteroatoms. The first-order valence-electron chi connectivity index (χ1n) is 7.36. The van der Waals surface area contributed by atoms with Crippen LogP contribution in [-0.4, -0.2) is 21.6 Å². The molecule has 0 atom stereocenters. The van der Waals surface area contributed by atoms with E-state index in [-0.39, 0.29) is 24.1 Å². The normalized spacial score (nSPS) is 16.2. The van der Waals surface area contributed by atoms with Gasteiger partial charge in [-0.1, -0.05) is 6.42 Å². The van der Waals surface area contributed by atoms with E-state index in [4.69, 9.17) is 4.74 Å². The first-order valence-corrected chi connectivity index (χ1v) is 8.24. The third kappa shape index (κ3) is 3.32. The van der Waals surface area contributed by atoms with Gasteiger partial charge in [0, 0.05) is 6.54 Å². The van der Waals surface area contributed by atoms with Crippen LogP contribution in [0, 0.1) is 0 Å². The second-order valence-electron chi connectivity index (χ2n) is 5.38. The van der Waals surface area contributed by atoms with Gasteiger partial charge in [-0.25, -0.2) is 4.98 Å². The Labute approximate surface area is 126 Å². The molecule has 0 aromatic carbocycles. The van der Waals surface area contributed by atoms with E-state index in [1.165, 1.54) is 28.7 Å². The van der Waals surface area contributed by atoms with Crippen LogP contribution in [0.25, 0.3) is 10.2 Å². The van der Waals surface area contributed by atoms with Gasteiger partial charge in [-0.3, -0.25) is 14.2 Å². The molecular weight excluding hydrogens is 288 g/mol. The zero-order chi connectivity index (χ0) is 14.7. The lowest BCUT2D eigenvalue weighted by molar-refractivity contribution is -0.150. The average Bonchev–Trinajstić information content (AvgIpc) is 2.97. The van der Waals surface area contributed by atoms with Crippen molar-refractivity contribution in [3.05, 3.63) is 28.1 Å². The van der Waals surface area contributed by atoms with Crippen LogP contribution in [0.2, 0.25) is 0 Å². The van der Waals surface area contributed by atoms with Crippen molar-refractivity contribution < 1.29 is 9.53 Å². The van der Waals surface area contributed by atoms with Gasteiger partial charge in [0.2, 0.25) is 0 Å². The Morgan fingerprint density at radius 1 is 1.38 bits per heavy atom. The van der Waals surface area contributed by atoms with Crippen molar-refractivity contribution in [1.29, 1.82) is 0 Å². The van der Waals surface area contributed by atoms with E-state index in [0.717, 1.165) is 30.5 Å². The molecule has 0 unspecified atom stereocenters. The number of carbonyl (C=O) groups is 1. The second-order valence-corrected chi connectivity index (χ2v) is 6.28. The molecule has 2 aromatic heterocycles. The Morgan fingerprint density at radius 2 is 2.19 bits per heavy atom. The van der Waals surface area contributed by atoms with Gasteiger partial charge in [-0.2, -0.15) is 0 Å². The monoisotopic (exact) mass is 306 g/mol. The standard InChI is InChI=1S/C15H18N2O3S/c18-13(20-11-4-2-1-3-5-11)6-8-17-10-16-14-12(15(17)19)7-9-21-14/h7,9-11H,1-6,8H2. The minimum atomic E-state index is -0.223. The van der Waals surface area contributed by atoms with Gasteiger partial charge in [0.25, 0.3) is 5.56 Å². The number of aromatic nitrogens is 2. The summed E-state index contributed by atoms with van der Waals surface area (Å²) < 4.78 is 6.94. The molecule has 112 valence electrons. The van der Waals surface area contributed by atoms with Gasteiger partial charge < -0.3 is 4.74 Å². The van der Waals surface area contributed by atoms with Crippen LogP contribution in [0.5, 0.6) is 0 Å². The molecule has 1 aliphatic rings. The highest BCUT2D eigenvalue weighted by Gasteiger charge is 2.17. The first-order chi connectivity index (χ1) is 10.2. The van der Waals surface area contributed by atoms with Crippen LogP contribution in [-0.2, 0) is 16.1 Å². The highest BCUT2D eigenvalue weighted by Crippen LogP contribution is 2.20. The fraction of sp³-hybridized carbons (Fsp3) is 0.533. The molecule has 0 N–H and O–H groups in total. The Balaban J connectivity index is 1.59. The van der Waals surface area contributed by atoms with E-state index in [1.54, 1.807) is 6.07 Å². The third-order valence-electron chi connectivity index (χ3n) is 3.86. The first kappa shape index (κ1) is 14.3. The topological polar surface area (TPSA) is 61.2 Å². The lowest BCUT2D eigenvalue weighted by atomic mass is 9.98. The molecule has 2 aromatic rings. The maximum absolute atomic E-state index is 12.2. The Hall–Kier alpha value is -1.69. The van der Waals surface area contributed by atoms with Crippen LogP contribution in [0.3, 0.4) is 0 Å². The Morgan fingerprint density at radius 3 is 3.00 bits per heavy atom. The summed E-state index contributed by atoms with van der Waals surface area (Å²) in [4.78, 5) is 29.0. The molecule has 0 bridgehead atoms. The molecule has 0 amide bonds. The van der Waals surface area contributed by atoms with Gasteiger partial charge in [-0.05, 0) is 37.1 Å². The predicted octanol–water partition coefficient (Wildman–Crippen LogP) is 2.72. The summed E-state index contributed by atoms with van der Waals surface area (Å²) in [6, 6.07) is 1.77. The summed E-state index contributed by atoms with van der Waals surface area (Å²) in [5.74, 6) is -0.223. The fourth-order valence-corrected chi connectivity index (χ4v) is 3.42. The maximum Gasteiger partial charge on any atom is 0.307 e. The molecule has 0 aliphatic heterocycles. The highest BCUT2D eigenvalue weighted by atomic mass is 32.1. The van der Waals surface area contributed by atoms with Crippen LogP contribution < -0.4 is 5.56 Å². The van der Waals surface area contributed by atoms with Crippen molar-refractivity contribution in [2.75, 3.05) is 0 Å². The summed E-state index contributed by atoms with van der Waals surface area (Å²) in [5, 5.41) is 2.46. The zero-order valence-corrected chi connectivity index (χ0v) is 12.6.